The Hall–Kier alpha value is -0.670. The number of aryl methyl sites for hydroxylation is 2. The van der Waals surface area contributed by atoms with Crippen LogP contribution in [0.15, 0.2) is 30.5 Å². The molecule has 18 heavy (non-hydrogen) atoms. The van der Waals surface area contributed by atoms with Crippen LogP contribution in [0.1, 0.15) is 38.7 Å². The molecule has 3 rings (SSSR count). The van der Waals surface area contributed by atoms with Crippen molar-refractivity contribution < 1.29 is 0 Å². The lowest BCUT2D eigenvalue weighted by Crippen LogP contribution is -1.96. The molecule has 0 spiro atoms. The van der Waals surface area contributed by atoms with E-state index in [4.69, 9.17) is 0 Å². The van der Waals surface area contributed by atoms with E-state index in [2.05, 4.69) is 39.1 Å². The van der Waals surface area contributed by atoms with Gasteiger partial charge in [-0.2, -0.15) is 0 Å². The molecular formula is C15H16BrNS. The zero-order valence-electron chi connectivity index (χ0n) is 10.2. The Morgan fingerprint density at radius 3 is 2.94 bits per heavy atom. The van der Waals surface area contributed by atoms with Crippen molar-refractivity contribution >= 4 is 27.3 Å². The number of hydrogen-bond donors (Lipinski definition) is 0. The highest BCUT2D eigenvalue weighted by Crippen LogP contribution is 2.37. The number of rotatable bonds is 3. The number of halogens is 1. The second-order valence-corrected chi connectivity index (χ2v) is 7.07. The molecule has 2 heterocycles. The third-order valence-corrected chi connectivity index (χ3v) is 5.91. The van der Waals surface area contributed by atoms with Crippen molar-refractivity contribution in [2.75, 3.05) is 0 Å². The van der Waals surface area contributed by atoms with Crippen LogP contribution in [0.3, 0.4) is 0 Å². The summed E-state index contributed by atoms with van der Waals surface area (Å²) in [7, 11) is 0. The van der Waals surface area contributed by atoms with Crippen molar-refractivity contribution in [3.63, 3.8) is 0 Å². The molecule has 0 aromatic carbocycles. The molecule has 2 aromatic heterocycles. The number of alkyl halides is 1. The Morgan fingerprint density at radius 2 is 2.17 bits per heavy atom. The fourth-order valence-electron chi connectivity index (χ4n) is 2.47. The summed E-state index contributed by atoms with van der Waals surface area (Å²) >= 11 is 5.81. The standard InChI is InChI=1S/C15H16BrNS/c16-13(10-12-6-3-4-8-17-12)15-9-11-5-1-2-7-14(11)18-15/h3-4,6,8-9,13H,1-2,5,7,10H2. The lowest BCUT2D eigenvalue weighted by Gasteiger charge is -2.08. The third-order valence-electron chi connectivity index (χ3n) is 3.44. The molecule has 94 valence electrons. The minimum absolute atomic E-state index is 0.406. The largest absolute Gasteiger partial charge is 0.261 e. The van der Waals surface area contributed by atoms with Crippen molar-refractivity contribution in [1.82, 2.24) is 4.98 Å². The molecule has 1 aliphatic carbocycles. The van der Waals surface area contributed by atoms with E-state index < -0.39 is 0 Å². The molecule has 1 unspecified atom stereocenters. The predicted molar refractivity (Wildman–Crippen MR) is 80.6 cm³/mol. The van der Waals surface area contributed by atoms with E-state index in [9.17, 15) is 0 Å². The van der Waals surface area contributed by atoms with Crippen LogP contribution in [0.4, 0.5) is 0 Å². The fourth-order valence-corrected chi connectivity index (χ4v) is 4.45. The van der Waals surface area contributed by atoms with Gasteiger partial charge in [-0.1, -0.05) is 22.0 Å². The van der Waals surface area contributed by atoms with Crippen LogP contribution in [0, 0.1) is 0 Å². The Balaban J connectivity index is 1.76. The van der Waals surface area contributed by atoms with Crippen LogP contribution in [0.5, 0.6) is 0 Å². The van der Waals surface area contributed by atoms with E-state index in [1.54, 1.807) is 10.4 Å². The molecular weight excluding hydrogens is 306 g/mol. The molecule has 0 aliphatic heterocycles. The zero-order valence-corrected chi connectivity index (χ0v) is 12.6. The number of aromatic nitrogens is 1. The first-order valence-electron chi connectivity index (χ1n) is 6.48. The monoisotopic (exact) mass is 321 g/mol. The van der Waals surface area contributed by atoms with E-state index in [-0.39, 0.29) is 0 Å². The average Bonchev–Trinajstić information content (AvgIpc) is 2.84. The van der Waals surface area contributed by atoms with Crippen LogP contribution in [-0.2, 0) is 19.3 Å². The van der Waals surface area contributed by atoms with Crippen LogP contribution in [0.2, 0.25) is 0 Å². The highest BCUT2D eigenvalue weighted by atomic mass is 79.9. The Labute approximate surface area is 120 Å². The maximum absolute atomic E-state index is 4.40. The van der Waals surface area contributed by atoms with Gasteiger partial charge in [0.15, 0.2) is 0 Å². The minimum Gasteiger partial charge on any atom is -0.261 e. The second-order valence-electron chi connectivity index (χ2n) is 4.80. The van der Waals surface area contributed by atoms with Crippen molar-refractivity contribution in [1.29, 1.82) is 0 Å². The van der Waals surface area contributed by atoms with Gasteiger partial charge in [-0.05, 0) is 49.4 Å². The van der Waals surface area contributed by atoms with Crippen LogP contribution >= 0.6 is 27.3 Å². The average molecular weight is 322 g/mol. The first kappa shape index (κ1) is 12.4. The first-order valence-corrected chi connectivity index (χ1v) is 8.21. The number of thiophene rings is 1. The fraction of sp³-hybridized carbons (Fsp3) is 0.400. The number of fused-ring (bicyclic) bond motifs is 1. The van der Waals surface area contributed by atoms with Crippen molar-refractivity contribution in [2.24, 2.45) is 0 Å². The maximum atomic E-state index is 4.40. The van der Waals surface area contributed by atoms with E-state index in [1.165, 1.54) is 30.6 Å². The molecule has 0 saturated heterocycles. The maximum Gasteiger partial charge on any atom is 0.0544 e. The topological polar surface area (TPSA) is 12.9 Å². The SMILES string of the molecule is BrC(Cc1ccccn1)c1cc2c(s1)CCCC2. The van der Waals surface area contributed by atoms with Gasteiger partial charge in [0.2, 0.25) is 0 Å². The summed E-state index contributed by atoms with van der Waals surface area (Å²) in [5.74, 6) is 0. The summed E-state index contributed by atoms with van der Waals surface area (Å²) in [6.45, 7) is 0. The summed E-state index contributed by atoms with van der Waals surface area (Å²) < 4.78 is 0. The molecule has 2 aromatic rings. The summed E-state index contributed by atoms with van der Waals surface area (Å²) in [6, 6.07) is 8.53. The first-order chi connectivity index (χ1) is 8.83. The number of nitrogens with zero attached hydrogens (tertiary/aromatic N) is 1. The van der Waals surface area contributed by atoms with Gasteiger partial charge in [-0.3, -0.25) is 4.98 Å². The molecule has 3 heteroatoms. The van der Waals surface area contributed by atoms with Gasteiger partial charge in [0, 0.05) is 28.1 Å². The molecule has 0 bridgehead atoms. The molecule has 0 saturated carbocycles. The van der Waals surface area contributed by atoms with Gasteiger partial charge >= 0.3 is 0 Å². The summed E-state index contributed by atoms with van der Waals surface area (Å²) in [5, 5.41) is 0. The predicted octanol–water partition coefficient (Wildman–Crippen LogP) is 4.70. The van der Waals surface area contributed by atoms with Crippen LogP contribution in [-0.4, -0.2) is 4.98 Å². The smallest absolute Gasteiger partial charge is 0.0544 e. The van der Waals surface area contributed by atoms with E-state index >= 15 is 0 Å². The van der Waals surface area contributed by atoms with Gasteiger partial charge in [-0.25, -0.2) is 0 Å². The highest BCUT2D eigenvalue weighted by molar-refractivity contribution is 9.09. The molecule has 0 amide bonds. The lowest BCUT2D eigenvalue weighted by atomic mass is 9.99. The quantitative estimate of drug-likeness (QED) is 0.746. The van der Waals surface area contributed by atoms with Gasteiger partial charge < -0.3 is 0 Å². The zero-order chi connectivity index (χ0) is 12.4. The van der Waals surface area contributed by atoms with Crippen molar-refractivity contribution in [3.05, 3.63) is 51.5 Å². The van der Waals surface area contributed by atoms with Gasteiger partial charge in [0.1, 0.15) is 0 Å². The highest BCUT2D eigenvalue weighted by Gasteiger charge is 2.17. The van der Waals surface area contributed by atoms with Crippen molar-refractivity contribution in [3.8, 4) is 0 Å². The molecule has 1 aliphatic rings. The van der Waals surface area contributed by atoms with Crippen LogP contribution in [0.25, 0.3) is 0 Å². The Bertz CT molecular complexity index is 497. The van der Waals surface area contributed by atoms with Gasteiger partial charge in [0.05, 0.1) is 4.83 Å². The normalized spacial score (nSPS) is 16.3. The Kier molecular flexibility index (Phi) is 3.80. The summed E-state index contributed by atoms with van der Waals surface area (Å²) in [5.41, 5.74) is 2.75. The van der Waals surface area contributed by atoms with Crippen molar-refractivity contribution in [2.45, 2.75) is 36.9 Å². The number of hydrogen-bond acceptors (Lipinski definition) is 2. The Morgan fingerprint density at radius 1 is 1.28 bits per heavy atom. The summed E-state index contributed by atoms with van der Waals surface area (Å²) in [6.07, 6.45) is 8.11. The van der Waals surface area contributed by atoms with E-state index in [0.717, 1.165) is 12.1 Å². The lowest BCUT2D eigenvalue weighted by molar-refractivity contribution is 0.697. The van der Waals surface area contributed by atoms with Gasteiger partial charge in [-0.15, -0.1) is 11.3 Å². The molecule has 0 N–H and O–H groups in total. The number of pyridine rings is 1. The molecule has 0 radical (unpaired) electrons. The van der Waals surface area contributed by atoms with Gasteiger partial charge in [0.25, 0.3) is 0 Å². The minimum atomic E-state index is 0.406. The van der Waals surface area contributed by atoms with Crippen LogP contribution < -0.4 is 0 Å². The van der Waals surface area contributed by atoms with E-state index in [0.29, 0.717) is 4.83 Å². The summed E-state index contributed by atoms with van der Waals surface area (Å²) in [4.78, 5) is 7.88. The molecule has 1 atom stereocenters. The van der Waals surface area contributed by atoms with E-state index in [1.807, 2.05) is 23.6 Å². The molecule has 1 nitrogen and oxygen atoms in total. The third kappa shape index (κ3) is 2.67. The second kappa shape index (κ2) is 5.54. The molecule has 0 fully saturated rings.